The number of nitrogens with one attached hydrogen (secondary N) is 1. The van der Waals surface area contributed by atoms with Crippen molar-refractivity contribution in [2.45, 2.75) is 6.42 Å². The van der Waals surface area contributed by atoms with Crippen LogP contribution in [0.3, 0.4) is 0 Å². The molecule has 8 heteroatoms. The lowest BCUT2D eigenvalue weighted by molar-refractivity contribution is -0.385. The van der Waals surface area contributed by atoms with Crippen molar-refractivity contribution in [3.63, 3.8) is 0 Å². The highest BCUT2D eigenvalue weighted by molar-refractivity contribution is 5.61. The zero-order chi connectivity index (χ0) is 13.7. The Labute approximate surface area is 108 Å². The van der Waals surface area contributed by atoms with E-state index in [1.54, 1.807) is 12.3 Å². The number of anilines is 1. The van der Waals surface area contributed by atoms with Crippen LogP contribution in [0.25, 0.3) is 0 Å². The monoisotopic (exact) mass is 264 g/mol. The lowest BCUT2D eigenvalue weighted by Gasteiger charge is -2.06. The predicted molar refractivity (Wildman–Crippen MR) is 66.1 cm³/mol. The van der Waals surface area contributed by atoms with Crippen LogP contribution in [0.2, 0.25) is 0 Å². The molecular formula is C11H12N4O4. The quantitative estimate of drug-likeness (QED) is 0.624. The molecular weight excluding hydrogens is 252 g/mol. The molecule has 0 atom stereocenters. The van der Waals surface area contributed by atoms with E-state index in [1.807, 2.05) is 6.07 Å². The zero-order valence-electron chi connectivity index (χ0n) is 10.2. The number of nitrogens with zero attached hydrogens (tertiary/aromatic N) is 3. The number of nitro groups is 1. The first-order chi connectivity index (χ1) is 9.22. The highest BCUT2D eigenvalue weighted by Gasteiger charge is 2.23. The molecule has 1 N–H and O–H groups in total. The molecule has 0 spiro atoms. The minimum Gasteiger partial charge on any atom is -0.476 e. The van der Waals surface area contributed by atoms with Crippen LogP contribution in [0, 0.1) is 10.1 Å². The van der Waals surface area contributed by atoms with Gasteiger partial charge in [-0.1, -0.05) is 0 Å². The van der Waals surface area contributed by atoms with E-state index in [-0.39, 0.29) is 17.4 Å². The summed E-state index contributed by atoms with van der Waals surface area (Å²) in [6.45, 7) is 0.453. The molecule has 0 aliphatic heterocycles. The molecule has 0 aliphatic rings. The first kappa shape index (κ1) is 12.8. The van der Waals surface area contributed by atoms with Crippen LogP contribution in [-0.4, -0.2) is 28.5 Å². The molecule has 0 saturated carbocycles. The predicted octanol–water partition coefficient (Wildman–Crippen LogP) is 1.64. The van der Waals surface area contributed by atoms with E-state index in [0.29, 0.717) is 13.0 Å². The summed E-state index contributed by atoms with van der Waals surface area (Å²) in [5, 5.41) is 13.9. The first-order valence-electron chi connectivity index (χ1n) is 5.52. The number of aromatic nitrogens is 2. The van der Waals surface area contributed by atoms with Crippen LogP contribution in [0.4, 0.5) is 11.5 Å². The van der Waals surface area contributed by atoms with E-state index >= 15 is 0 Å². The second-order valence-electron chi connectivity index (χ2n) is 3.59. The van der Waals surface area contributed by atoms with Crippen molar-refractivity contribution in [1.82, 2.24) is 9.97 Å². The fourth-order valence-corrected chi connectivity index (χ4v) is 1.56. The Hall–Kier alpha value is -2.64. The molecule has 2 heterocycles. The first-order valence-corrected chi connectivity index (χ1v) is 5.52. The molecule has 0 aromatic carbocycles. The zero-order valence-corrected chi connectivity index (χ0v) is 10.2. The number of methoxy groups -OCH3 is 1. The summed E-state index contributed by atoms with van der Waals surface area (Å²) < 4.78 is 10.0. The molecule has 8 nitrogen and oxygen atoms in total. The van der Waals surface area contributed by atoms with Gasteiger partial charge in [0.15, 0.2) is 0 Å². The normalized spacial score (nSPS) is 10.2. The van der Waals surface area contributed by atoms with Crippen molar-refractivity contribution < 1.29 is 14.1 Å². The van der Waals surface area contributed by atoms with Crippen molar-refractivity contribution in [1.29, 1.82) is 0 Å². The number of hydrogen-bond acceptors (Lipinski definition) is 7. The third kappa shape index (κ3) is 2.97. The summed E-state index contributed by atoms with van der Waals surface area (Å²) in [7, 11) is 1.32. The number of ether oxygens (including phenoxy) is 1. The minimum atomic E-state index is -0.575. The van der Waals surface area contributed by atoms with Crippen molar-refractivity contribution in [3.8, 4) is 5.88 Å². The van der Waals surface area contributed by atoms with Crippen molar-refractivity contribution in [3.05, 3.63) is 40.6 Å². The van der Waals surface area contributed by atoms with Gasteiger partial charge in [-0.3, -0.25) is 10.1 Å². The third-order valence-corrected chi connectivity index (χ3v) is 2.41. The highest BCUT2D eigenvalue weighted by atomic mass is 16.6. The maximum Gasteiger partial charge on any atom is 0.372 e. The summed E-state index contributed by atoms with van der Waals surface area (Å²) in [6, 6.07) is 3.61. The van der Waals surface area contributed by atoms with Gasteiger partial charge in [0.2, 0.25) is 5.82 Å². The van der Waals surface area contributed by atoms with E-state index in [0.717, 1.165) is 5.76 Å². The average molecular weight is 264 g/mol. The Balaban J connectivity index is 2.09. The molecule has 0 radical (unpaired) electrons. The van der Waals surface area contributed by atoms with Gasteiger partial charge in [-0.15, -0.1) is 0 Å². The van der Waals surface area contributed by atoms with Gasteiger partial charge in [0.05, 0.1) is 18.3 Å². The molecule has 0 fully saturated rings. The SMILES string of the molecule is COc1ncnc(NCCc2ccco2)c1[N+](=O)[O-]. The fraction of sp³-hybridized carbons (Fsp3) is 0.273. The van der Waals surface area contributed by atoms with Crippen molar-refractivity contribution in [2.75, 3.05) is 19.0 Å². The van der Waals surface area contributed by atoms with E-state index in [1.165, 1.54) is 13.4 Å². The molecule has 100 valence electrons. The Bertz CT molecular complexity index is 556. The maximum atomic E-state index is 11.0. The van der Waals surface area contributed by atoms with Gasteiger partial charge in [-0.25, -0.2) is 4.98 Å². The van der Waals surface area contributed by atoms with E-state index < -0.39 is 4.92 Å². The van der Waals surface area contributed by atoms with Gasteiger partial charge < -0.3 is 14.5 Å². The summed E-state index contributed by atoms with van der Waals surface area (Å²) in [4.78, 5) is 18.0. The average Bonchev–Trinajstić information content (AvgIpc) is 2.91. The fourth-order valence-electron chi connectivity index (χ4n) is 1.56. The van der Waals surface area contributed by atoms with Crippen LogP contribution in [0.15, 0.2) is 29.1 Å². The van der Waals surface area contributed by atoms with Gasteiger partial charge in [-0.2, -0.15) is 4.98 Å². The van der Waals surface area contributed by atoms with E-state index in [9.17, 15) is 10.1 Å². The Morgan fingerprint density at radius 3 is 3.00 bits per heavy atom. The van der Waals surface area contributed by atoms with Crippen molar-refractivity contribution in [2.24, 2.45) is 0 Å². The smallest absolute Gasteiger partial charge is 0.372 e. The molecule has 0 aliphatic carbocycles. The molecule has 0 amide bonds. The Morgan fingerprint density at radius 2 is 2.37 bits per heavy atom. The second kappa shape index (κ2) is 5.80. The van der Waals surface area contributed by atoms with Gasteiger partial charge in [-0.05, 0) is 12.1 Å². The van der Waals surface area contributed by atoms with Crippen LogP contribution in [0.1, 0.15) is 5.76 Å². The topological polar surface area (TPSA) is 103 Å². The summed E-state index contributed by atoms with van der Waals surface area (Å²) in [6.07, 6.45) is 3.38. The standard InChI is InChI=1S/C11H12N4O4/c1-18-11-9(15(16)17)10(13-7-14-11)12-5-4-8-3-2-6-19-8/h2-3,6-7H,4-5H2,1H3,(H,12,13,14). The van der Waals surface area contributed by atoms with Gasteiger partial charge in [0.25, 0.3) is 5.88 Å². The molecule has 19 heavy (non-hydrogen) atoms. The molecule has 0 saturated heterocycles. The van der Waals surface area contributed by atoms with E-state index in [4.69, 9.17) is 9.15 Å². The Morgan fingerprint density at radius 1 is 1.53 bits per heavy atom. The summed E-state index contributed by atoms with van der Waals surface area (Å²) in [5.74, 6) is 0.847. The summed E-state index contributed by atoms with van der Waals surface area (Å²) >= 11 is 0. The van der Waals surface area contributed by atoms with Crippen LogP contribution >= 0.6 is 0 Å². The molecule has 0 unspecified atom stereocenters. The molecule has 2 aromatic heterocycles. The van der Waals surface area contributed by atoms with E-state index in [2.05, 4.69) is 15.3 Å². The van der Waals surface area contributed by atoms with Crippen LogP contribution in [0.5, 0.6) is 5.88 Å². The van der Waals surface area contributed by atoms with Crippen LogP contribution in [-0.2, 0) is 6.42 Å². The molecule has 2 aromatic rings. The lowest BCUT2D eigenvalue weighted by atomic mass is 10.3. The maximum absolute atomic E-state index is 11.0. The third-order valence-electron chi connectivity index (χ3n) is 2.41. The molecule has 0 bridgehead atoms. The van der Waals surface area contributed by atoms with Gasteiger partial charge >= 0.3 is 5.69 Å². The minimum absolute atomic E-state index is 0.0690. The molecule has 2 rings (SSSR count). The van der Waals surface area contributed by atoms with Gasteiger partial charge in [0.1, 0.15) is 12.1 Å². The number of furan rings is 1. The lowest BCUT2D eigenvalue weighted by Crippen LogP contribution is -2.09. The van der Waals surface area contributed by atoms with Gasteiger partial charge in [0, 0.05) is 13.0 Å². The number of rotatable bonds is 6. The number of hydrogen-bond donors (Lipinski definition) is 1. The summed E-state index contributed by atoms with van der Waals surface area (Å²) in [5.41, 5.74) is -0.274. The van der Waals surface area contributed by atoms with Crippen LogP contribution < -0.4 is 10.1 Å². The largest absolute Gasteiger partial charge is 0.476 e. The van der Waals surface area contributed by atoms with Crippen molar-refractivity contribution >= 4 is 11.5 Å². The Kier molecular flexibility index (Phi) is 3.91. The second-order valence-corrected chi connectivity index (χ2v) is 3.59. The highest BCUT2D eigenvalue weighted by Crippen LogP contribution is 2.30.